The molecule has 1 aromatic carbocycles. The van der Waals surface area contributed by atoms with Gasteiger partial charge in [-0.05, 0) is 24.6 Å². The van der Waals surface area contributed by atoms with Crippen LogP contribution in [0, 0.1) is 0 Å². The molecular formula is C15H23ClN4O+2. The van der Waals surface area contributed by atoms with E-state index in [2.05, 4.69) is 17.5 Å². The predicted octanol–water partition coefficient (Wildman–Crippen LogP) is -1.41. The number of amides is 1. The lowest BCUT2D eigenvalue weighted by Gasteiger charge is -2.28. The fraction of sp³-hybridized carbons (Fsp3) is 0.467. The van der Waals surface area contributed by atoms with Crippen molar-refractivity contribution in [3.63, 3.8) is 0 Å². The molecule has 1 heterocycles. The lowest BCUT2D eigenvalue weighted by Crippen LogP contribution is -3.28. The van der Waals surface area contributed by atoms with Gasteiger partial charge in [-0.2, -0.15) is 5.10 Å². The van der Waals surface area contributed by atoms with Crippen molar-refractivity contribution in [2.75, 3.05) is 39.3 Å². The summed E-state index contributed by atoms with van der Waals surface area (Å²) in [5.74, 6) is -0.0387. The number of rotatable bonds is 5. The lowest BCUT2D eigenvalue weighted by molar-refractivity contribution is -1.01. The number of nitrogens with zero attached hydrogens (tertiary/aromatic N) is 1. The maximum atomic E-state index is 11.8. The van der Waals surface area contributed by atoms with Crippen molar-refractivity contribution in [1.82, 2.24) is 5.43 Å². The van der Waals surface area contributed by atoms with Crippen LogP contribution in [0.1, 0.15) is 12.5 Å². The summed E-state index contributed by atoms with van der Waals surface area (Å²) in [4.78, 5) is 14.8. The number of halogens is 1. The molecule has 6 heteroatoms. The van der Waals surface area contributed by atoms with Crippen molar-refractivity contribution in [3.05, 3.63) is 34.9 Å². The number of benzene rings is 1. The van der Waals surface area contributed by atoms with Crippen LogP contribution in [0.2, 0.25) is 5.02 Å². The van der Waals surface area contributed by atoms with Gasteiger partial charge < -0.3 is 9.80 Å². The number of hydrazone groups is 1. The van der Waals surface area contributed by atoms with E-state index in [4.69, 9.17) is 11.6 Å². The molecule has 1 saturated heterocycles. The summed E-state index contributed by atoms with van der Waals surface area (Å²) in [5.41, 5.74) is 3.45. The Balaban J connectivity index is 1.72. The second-order valence-corrected chi connectivity index (χ2v) is 5.81. The van der Waals surface area contributed by atoms with E-state index in [-0.39, 0.29) is 5.91 Å². The molecule has 1 aromatic rings. The molecule has 0 saturated carbocycles. The fourth-order valence-corrected chi connectivity index (χ4v) is 2.72. The fourth-order valence-electron chi connectivity index (χ4n) is 2.52. The predicted molar refractivity (Wildman–Crippen MR) is 84.0 cm³/mol. The summed E-state index contributed by atoms with van der Waals surface area (Å²) in [6.45, 7) is 8.25. The number of carbonyl (C=O) groups is 1. The van der Waals surface area contributed by atoms with E-state index in [1.807, 2.05) is 12.1 Å². The Morgan fingerprint density at radius 3 is 2.71 bits per heavy atom. The Bertz CT molecular complexity index is 498. The molecule has 21 heavy (non-hydrogen) atoms. The Morgan fingerprint density at radius 2 is 2.05 bits per heavy atom. The summed E-state index contributed by atoms with van der Waals surface area (Å²) in [6, 6.07) is 7.35. The molecule has 1 fully saturated rings. The topological polar surface area (TPSA) is 50.3 Å². The molecule has 5 nitrogen and oxygen atoms in total. The molecule has 0 aliphatic carbocycles. The van der Waals surface area contributed by atoms with Crippen LogP contribution in [-0.2, 0) is 4.79 Å². The molecule has 1 aliphatic heterocycles. The van der Waals surface area contributed by atoms with E-state index in [1.54, 1.807) is 23.2 Å². The molecular weight excluding hydrogens is 288 g/mol. The van der Waals surface area contributed by atoms with Gasteiger partial charge in [-0.3, -0.25) is 4.79 Å². The van der Waals surface area contributed by atoms with Crippen molar-refractivity contribution in [3.8, 4) is 0 Å². The SMILES string of the molecule is CC[NH+]1CC[NH+](CC(=O)N/N=C\c2cccc(Cl)c2)CC1. The second-order valence-electron chi connectivity index (χ2n) is 5.38. The molecule has 1 amide bonds. The first-order chi connectivity index (χ1) is 10.2. The van der Waals surface area contributed by atoms with Gasteiger partial charge in [0.2, 0.25) is 0 Å². The van der Waals surface area contributed by atoms with E-state index in [9.17, 15) is 4.79 Å². The van der Waals surface area contributed by atoms with Crippen LogP contribution in [-0.4, -0.2) is 51.4 Å². The molecule has 1 aliphatic rings. The monoisotopic (exact) mass is 310 g/mol. The molecule has 3 N–H and O–H groups in total. The van der Waals surface area contributed by atoms with Crippen molar-refractivity contribution in [2.24, 2.45) is 5.10 Å². The van der Waals surface area contributed by atoms with Crippen molar-refractivity contribution in [2.45, 2.75) is 6.92 Å². The lowest BCUT2D eigenvalue weighted by atomic mass is 10.2. The zero-order valence-corrected chi connectivity index (χ0v) is 13.1. The number of quaternary nitrogens is 2. The number of likely N-dealkylation sites (N-methyl/N-ethyl adjacent to an activating group) is 1. The van der Waals surface area contributed by atoms with E-state index < -0.39 is 0 Å². The van der Waals surface area contributed by atoms with Crippen molar-refractivity contribution in [1.29, 1.82) is 0 Å². The van der Waals surface area contributed by atoms with Gasteiger partial charge in [-0.1, -0.05) is 23.7 Å². The van der Waals surface area contributed by atoms with Crippen LogP contribution < -0.4 is 15.2 Å². The number of nitrogens with one attached hydrogen (secondary N) is 3. The Kier molecular flexibility index (Phi) is 6.17. The average molecular weight is 311 g/mol. The van der Waals surface area contributed by atoms with E-state index >= 15 is 0 Å². The van der Waals surface area contributed by atoms with Gasteiger partial charge in [0, 0.05) is 5.02 Å². The van der Waals surface area contributed by atoms with Gasteiger partial charge in [-0.15, -0.1) is 0 Å². The highest BCUT2D eigenvalue weighted by atomic mass is 35.5. The molecule has 0 aromatic heterocycles. The maximum Gasteiger partial charge on any atom is 0.295 e. The molecule has 0 radical (unpaired) electrons. The van der Waals surface area contributed by atoms with Gasteiger partial charge in [0.05, 0.1) is 12.8 Å². The standard InChI is InChI=1S/C15H21ClN4O/c1-2-19-6-8-20(9-7-19)12-15(21)18-17-11-13-4-3-5-14(16)10-13/h3-5,10-11H,2,6-9,12H2,1H3,(H,18,21)/p+2/b17-11-. The zero-order chi connectivity index (χ0) is 15.1. The summed E-state index contributed by atoms with van der Waals surface area (Å²) >= 11 is 5.88. The quantitative estimate of drug-likeness (QED) is 0.454. The first kappa shape index (κ1) is 15.9. The Hall–Kier alpha value is -1.43. The first-order valence-electron chi connectivity index (χ1n) is 7.42. The van der Waals surface area contributed by atoms with Crippen molar-refractivity contribution >= 4 is 23.7 Å². The van der Waals surface area contributed by atoms with E-state index in [1.165, 1.54) is 11.4 Å². The van der Waals surface area contributed by atoms with Crippen LogP contribution in [0.15, 0.2) is 29.4 Å². The van der Waals surface area contributed by atoms with Gasteiger partial charge in [0.25, 0.3) is 5.91 Å². The summed E-state index contributed by atoms with van der Waals surface area (Å²) in [5, 5.41) is 4.64. The Labute approximate surface area is 130 Å². The summed E-state index contributed by atoms with van der Waals surface area (Å²) in [7, 11) is 0. The Morgan fingerprint density at radius 1 is 1.33 bits per heavy atom. The minimum absolute atomic E-state index is 0.0387. The number of carbonyl (C=O) groups excluding carboxylic acids is 1. The van der Waals surface area contributed by atoms with E-state index in [0.29, 0.717) is 11.6 Å². The smallest absolute Gasteiger partial charge is 0.295 e. The first-order valence-corrected chi connectivity index (χ1v) is 7.79. The number of hydrogen-bond acceptors (Lipinski definition) is 2. The van der Waals surface area contributed by atoms with Crippen LogP contribution in [0.5, 0.6) is 0 Å². The normalized spacial score (nSPS) is 22.4. The van der Waals surface area contributed by atoms with Gasteiger partial charge >= 0.3 is 0 Å². The minimum atomic E-state index is -0.0387. The highest BCUT2D eigenvalue weighted by Crippen LogP contribution is 2.08. The number of hydrogen-bond donors (Lipinski definition) is 3. The molecule has 114 valence electrons. The zero-order valence-electron chi connectivity index (χ0n) is 12.4. The molecule has 2 rings (SSSR count). The molecule has 0 unspecified atom stereocenters. The van der Waals surface area contributed by atoms with Crippen LogP contribution in [0.4, 0.5) is 0 Å². The number of piperazine rings is 1. The third-order valence-electron chi connectivity index (χ3n) is 3.83. The molecule has 0 bridgehead atoms. The average Bonchev–Trinajstić information content (AvgIpc) is 2.48. The van der Waals surface area contributed by atoms with Gasteiger partial charge in [0.1, 0.15) is 26.2 Å². The minimum Gasteiger partial charge on any atom is -0.326 e. The van der Waals surface area contributed by atoms with Crippen LogP contribution in [0.25, 0.3) is 0 Å². The molecule has 0 spiro atoms. The molecule has 0 atom stereocenters. The third-order valence-corrected chi connectivity index (χ3v) is 4.06. The van der Waals surface area contributed by atoms with Gasteiger partial charge in [0.15, 0.2) is 6.54 Å². The second kappa shape index (κ2) is 8.12. The maximum absolute atomic E-state index is 11.8. The summed E-state index contributed by atoms with van der Waals surface area (Å²) in [6.07, 6.45) is 1.61. The largest absolute Gasteiger partial charge is 0.326 e. The van der Waals surface area contributed by atoms with Crippen LogP contribution in [0.3, 0.4) is 0 Å². The van der Waals surface area contributed by atoms with Crippen LogP contribution >= 0.6 is 11.6 Å². The highest BCUT2D eigenvalue weighted by Gasteiger charge is 2.23. The summed E-state index contributed by atoms with van der Waals surface area (Å²) < 4.78 is 0. The van der Waals surface area contributed by atoms with Gasteiger partial charge in [-0.25, -0.2) is 5.43 Å². The highest BCUT2D eigenvalue weighted by molar-refractivity contribution is 6.30. The van der Waals surface area contributed by atoms with Crippen molar-refractivity contribution < 1.29 is 14.6 Å². The van der Waals surface area contributed by atoms with E-state index in [0.717, 1.165) is 31.7 Å². The third kappa shape index (κ3) is 5.46.